The Morgan fingerprint density at radius 1 is 1.28 bits per heavy atom. The molecule has 0 radical (unpaired) electrons. The number of hydrogen-bond acceptors (Lipinski definition) is 4. The number of fused-ring (bicyclic) bond motifs is 1. The second-order valence-corrected chi connectivity index (χ2v) is 8.39. The van der Waals surface area contributed by atoms with Gasteiger partial charge in [0.25, 0.3) is 5.91 Å². The molecule has 152 valence electrons. The normalized spacial score (nSPS) is 21.1. The van der Waals surface area contributed by atoms with Gasteiger partial charge in [-0.3, -0.25) is 14.5 Å². The van der Waals surface area contributed by atoms with Crippen LogP contribution in [-0.4, -0.2) is 59.1 Å². The van der Waals surface area contributed by atoms with Gasteiger partial charge >= 0.3 is 0 Å². The molecule has 3 aliphatic rings. The number of nitrogens with zero attached hydrogens (tertiary/aromatic N) is 4. The van der Waals surface area contributed by atoms with Crippen LogP contribution in [0.5, 0.6) is 0 Å². The first kappa shape index (κ1) is 18.6. The number of hydrogen-bond donors (Lipinski definition) is 0. The van der Waals surface area contributed by atoms with Crippen LogP contribution in [0.3, 0.4) is 0 Å². The van der Waals surface area contributed by atoms with Gasteiger partial charge in [0.05, 0.1) is 23.8 Å². The number of aliphatic imine (C=N–C) groups is 1. The molecule has 1 amide bonds. The van der Waals surface area contributed by atoms with Gasteiger partial charge in [0, 0.05) is 43.9 Å². The highest BCUT2D eigenvalue weighted by Crippen LogP contribution is 2.38. The Bertz CT molecular complexity index is 986. The van der Waals surface area contributed by atoms with Gasteiger partial charge in [-0.2, -0.15) is 5.10 Å². The Morgan fingerprint density at radius 2 is 2.17 bits per heavy atom. The van der Waals surface area contributed by atoms with Crippen molar-refractivity contribution in [1.82, 2.24) is 14.7 Å². The zero-order valence-corrected chi connectivity index (χ0v) is 17.0. The maximum atomic E-state index is 13.7. The lowest BCUT2D eigenvalue weighted by molar-refractivity contribution is 0.0647. The van der Waals surface area contributed by atoms with Gasteiger partial charge in [-0.25, -0.2) is 0 Å². The first-order valence-electron chi connectivity index (χ1n) is 10.7. The molecule has 1 atom stereocenters. The van der Waals surface area contributed by atoms with E-state index in [9.17, 15) is 4.79 Å². The fourth-order valence-electron chi connectivity index (χ4n) is 4.78. The van der Waals surface area contributed by atoms with Crippen LogP contribution >= 0.6 is 0 Å². The summed E-state index contributed by atoms with van der Waals surface area (Å²) in [4.78, 5) is 20.3. The Kier molecular flexibility index (Phi) is 4.96. The summed E-state index contributed by atoms with van der Waals surface area (Å²) in [5.41, 5.74) is 4.65. The van der Waals surface area contributed by atoms with E-state index < -0.39 is 0 Å². The molecule has 6 heteroatoms. The zero-order chi connectivity index (χ0) is 19.8. The quantitative estimate of drug-likeness (QED) is 0.677. The summed E-state index contributed by atoms with van der Waals surface area (Å²) >= 11 is 0. The smallest absolute Gasteiger partial charge is 0.255 e. The van der Waals surface area contributed by atoms with Crippen molar-refractivity contribution in [3.05, 3.63) is 41.1 Å². The van der Waals surface area contributed by atoms with Crippen LogP contribution in [0.25, 0.3) is 10.9 Å². The molecule has 1 fully saturated rings. The molecular weight excluding hydrogens is 364 g/mol. The van der Waals surface area contributed by atoms with E-state index >= 15 is 0 Å². The molecule has 6 nitrogen and oxygen atoms in total. The molecule has 0 saturated heterocycles. The monoisotopic (exact) mass is 392 g/mol. The number of methoxy groups -OCH3 is 1. The van der Waals surface area contributed by atoms with Crippen molar-refractivity contribution in [2.75, 3.05) is 20.3 Å². The molecule has 1 unspecified atom stereocenters. The van der Waals surface area contributed by atoms with E-state index in [1.54, 1.807) is 7.11 Å². The predicted molar refractivity (Wildman–Crippen MR) is 113 cm³/mol. The van der Waals surface area contributed by atoms with Crippen LogP contribution in [0, 0.1) is 0 Å². The summed E-state index contributed by atoms with van der Waals surface area (Å²) in [6.45, 7) is 2.36. The van der Waals surface area contributed by atoms with E-state index in [1.165, 1.54) is 11.1 Å². The van der Waals surface area contributed by atoms with Gasteiger partial charge in [-0.15, -0.1) is 0 Å². The third-order valence-corrected chi connectivity index (χ3v) is 6.42. The molecule has 0 bridgehead atoms. The van der Waals surface area contributed by atoms with Gasteiger partial charge in [0.2, 0.25) is 0 Å². The number of aryl methyl sites for hydroxylation is 1. The van der Waals surface area contributed by atoms with Crippen molar-refractivity contribution >= 4 is 23.0 Å². The van der Waals surface area contributed by atoms with Gasteiger partial charge in [-0.1, -0.05) is 6.07 Å². The summed E-state index contributed by atoms with van der Waals surface area (Å²) in [5.74, 6) is 0.165. The van der Waals surface area contributed by atoms with E-state index in [1.807, 2.05) is 29.2 Å². The van der Waals surface area contributed by atoms with E-state index in [-0.39, 0.29) is 11.9 Å². The molecule has 2 heterocycles. The topological polar surface area (TPSA) is 59.7 Å². The highest BCUT2D eigenvalue weighted by Gasteiger charge is 2.40. The number of aromatic nitrogens is 2. The fraction of sp³-hybridized carbons (Fsp3) is 0.522. The lowest BCUT2D eigenvalue weighted by atomic mass is 9.88. The molecule has 5 rings (SSSR count). The van der Waals surface area contributed by atoms with Gasteiger partial charge in [0.1, 0.15) is 0 Å². The second-order valence-electron chi connectivity index (χ2n) is 8.39. The first-order chi connectivity index (χ1) is 14.3. The molecule has 2 aliphatic carbocycles. The molecule has 29 heavy (non-hydrogen) atoms. The van der Waals surface area contributed by atoms with Crippen molar-refractivity contribution in [1.29, 1.82) is 0 Å². The molecule has 1 aromatic heterocycles. The van der Waals surface area contributed by atoms with Crippen LogP contribution < -0.4 is 0 Å². The SMILES string of the molecule is COCCCn1ncc2c(C(=O)N(C3CC3)C3CCC4=C(C=NC4)C3)cccc21. The van der Waals surface area contributed by atoms with Crippen LogP contribution in [0.15, 0.2) is 40.5 Å². The Morgan fingerprint density at radius 3 is 3.00 bits per heavy atom. The van der Waals surface area contributed by atoms with E-state index in [0.717, 1.165) is 68.1 Å². The fourth-order valence-corrected chi connectivity index (χ4v) is 4.78. The van der Waals surface area contributed by atoms with Gasteiger partial charge in [0.15, 0.2) is 0 Å². The van der Waals surface area contributed by atoms with Crippen molar-refractivity contribution in [2.45, 2.75) is 57.2 Å². The van der Waals surface area contributed by atoms with E-state index in [4.69, 9.17) is 4.74 Å². The Balaban J connectivity index is 1.42. The highest BCUT2D eigenvalue weighted by molar-refractivity contribution is 6.06. The number of rotatable bonds is 7. The average molecular weight is 393 g/mol. The van der Waals surface area contributed by atoms with Crippen molar-refractivity contribution in [2.24, 2.45) is 4.99 Å². The molecule has 0 N–H and O–H groups in total. The molecule has 1 aliphatic heterocycles. The van der Waals surface area contributed by atoms with Gasteiger partial charge in [-0.05, 0) is 61.8 Å². The summed E-state index contributed by atoms with van der Waals surface area (Å²) in [6, 6.07) is 6.68. The van der Waals surface area contributed by atoms with Gasteiger partial charge < -0.3 is 9.64 Å². The molecule has 2 aromatic rings. The second kappa shape index (κ2) is 7.75. The minimum absolute atomic E-state index is 0.165. The molecule has 1 aromatic carbocycles. The minimum Gasteiger partial charge on any atom is -0.385 e. The van der Waals surface area contributed by atoms with Crippen molar-refractivity contribution in [3.63, 3.8) is 0 Å². The highest BCUT2D eigenvalue weighted by atomic mass is 16.5. The summed E-state index contributed by atoms with van der Waals surface area (Å²) in [5, 5.41) is 5.51. The lowest BCUT2D eigenvalue weighted by Crippen LogP contribution is -2.43. The first-order valence-corrected chi connectivity index (χ1v) is 10.7. The van der Waals surface area contributed by atoms with Crippen LogP contribution in [0.4, 0.5) is 0 Å². The molecular formula is C23H28N4O2. The van der Waals surface area contributed by atoms with E-state index in [0.29, 0.717) is 12.6 Å². The largest absolute Gasteiger partial charge is 0.385 e. The maximum absolute atomic E-state index is 13.7. The standard InChI is InChI=1S/C23H28N4O2/c1-29-11-3-10-26-22-5-2-4-20(21(22)15-25-26)23(28)27(18-8-9-18)19-7-6-16-13-24-14-17(16)12-19/h2,4-5,14-15,18-19H,3,6-13H2,1H3. The lowest BCUT2D eigenvalue weighted by Gasteiger charge is -2.35. The number of carbonyl (C=O) groups is 1. The maximum Gasteiger partial charge on any atom is 0.255 e. The summed E-state index contributed by atoms with van der Waals surface area (Å²) < 4.78 is 7.15. The zero-order valence-electron chi connectivity index (χ0n) is 17.0. The van der Waals surface area contributed by atoms with E-state index in [2.05, 4.69) is 21.1 Å². The minimum atomic E-state index is 0.165. The number of ether oxygens (including phenoxy) is 1. The summed E-state index contributed by atoms with van der Waals surface area (Å²) in [7, 11) is 1.71. The molecule has 0 spiro atoms. The number of benzene rings is 1. The Labute approximate surface area is 171 Å². The van der Waals surface area contributed by atoms with Crippen LogP contribution in [0.2, 0.25) is 0 Å². The third-order valence-electron chi connectivity index (χ3n) is 6.42. The van der Waals surface area contributed by atoms with Crippen LogP contribution in [0.1, 0.15) is 48.9 Å². The van der Waals surface area contributed by atoms with Crippen molar-refractivity contribution < 1.29 is 9.53 Å². The predicted octanol–water partition coefficient (Wildman–Crippen LogP) is 3.61. The number of amides is 1. The summed E-state index contributed by atoms with van der Waals surface area (Å²) in [6.07, 6.45) is 10.1. The van der Waals surface area contributed by atoms with Crippen LogP contribution in [-0.2, 0) is 11.3 Å². The third kappa shape index (κ3) is 3.50. The Hall–Kier alpha value is -2.47. The average Bonchev–Trinajstić information content (AvgIpc) is 3.30. The molecule has 1 saturated carbocycles. The van der Waals surface area contributed by atoms with Crippen molar-refractivity contribution in [3.8, 4) is 0 Å². The number of carbonyl (C=O) groups excluding carboxylic acids is 1.